The number of halogens is 3. The van der Waals surface area contributed by atoms with E-state index in [1.165, 1.54) is 13.2 Å². The van der Waals surface area contributed by atoms with Crippen LogP contribution in [-0.2, 0) is 23.0 Å². The molecule has 4 rings (SSSR count). The molecule has 12 heteroatoms. The van der Waals surface area contributed by atoms with Crippen LogP contribution in [0.2, 0.25) is 0 Å². The molecule has 8 nitrogen and oxygen atoms in total. The number of hydrogen-bond donors (Lipinski definition) is 1. The Balaban J connectivity index is 0.000000239. The maximum atomic E-state index is 12.5. The molecular formula is C29H29F3N2O6S. The fourth-order valence-electron chi connectivity index (χ4n) is 3.57. The highest BCUT2D eigenvalue weighted by Gasteiger charge is 2.48. The summed E-state index contributed by atoms with van der Waals surface area (Å²) in [6.07, 6.45) is 0.728. The van der Waals surface area contributed by atoms with Crippen LogP contribution in [0.25, 0.3) is 0 Å². The van der Waals surface area contributed by atoms with Crippen LogP contribution in [0.4, 0.5) is 13.2 Å². The molecule has 4 aromatic rings. The van der Waals surface area contributed by atoms with Gasteiger partial charge in [0.2, 0.25) is 0 Å². The standard InChI is InChI=1S/C15H14F3NO4S.C14H15NO2/c1-10-3-8-14(23-24(20,21)15(16,17)18)13(19-10)9-11-4-6-12(22-2)7-5-11;1-10-3-8-14(16)13(15-10)9-11-4-6-12(17-2)7-5-11/h3-8H,9H2,1-2H3;3-8,16H,9H2,1-2H3. The molecular weight excluding hydrogens is 561 g/mol. The van der Waals surface area contributed by atoms with Gasteiger partial charge in [-0.15, -0.1) is 0 Å². The van der Waals surface area contributed by atoms with Crippen LogP contribution >= 0.6 is 0 Å². The van der Waals surface area contributed by atoms with Gasteiger partial charge in [-0.2, -0.15) is 21.6 Å². The molecule has 0 aliphatic carbocycles. The first-order valence-corrected chi connectivity index (χ1v) is 13.6. The van der Waals surface area contributed by atoms with Crippen LogP contribution in [0.5, 0.6) is 23.0 Å². The molecule has 2 heterocycles. The molecule has 0 radical (unpaired) electrons. The Kier molecular flexibility index (Phi) is 10.2. The maximum Gasteiger partial charge on any atom is 0.534 e. The minimum absolute atomic E-state index is 0.0907. The van der Waals surface area contributed by atoms with E-state index in [2.05, 4.69) is 14.2 Å². The Morgan fingerprint density at radius 3 is 1.61 bits per heavy atom. The van der Waals surface area contributed by atoms with E-state index in [9.17, 15) is 26.7 Å². The molecule has 2 aromatic carbocycles. The largest absolute Gasteiger partial charge is 0.534 e. The van der Waals surface area contributed by atoms with Crippen LogP contribution < -0.4 is 13.7 Å². The number of rotatable bonds is 8. The lowest BCUT2D eigenvalue weighted by atomic mass is 10.1. The van der Waals surface area contributed by atoms with Crippen molar-refractivity contribution in [1.29, 1.82) is 0 Å². The van der Waals surface area contributed by atoms with Gasteiger partial charge in [-0.1, -0.05) is 24.3 Å². The van der Waals surface area contributed by atoms with E-state index in [4.69, 9.17) is 9.47 Å². The van der Waals surface area contributed by atoms with Gasteiger partial charge in [0.15, 0.2) is 5.75 Å². The number of alkyl halides is 3. The summed E-state index contributed by atoms with van der Waals surface area (Å²) in [5, 5.41) is 9.71. The second-order valence-corrected chi connectivity index (χ2v) is 10.4. The average Bonchev–Trinajstić information content (AvgIpc) is 2.93. The van der Waals surface area contributed by atoms with E-state index < -0.39 is 21.4 Å². The van der Waals surface area contributed by atoms with Crippen molar-refractivity contribution in [3.05, 3.63) is 107 Å². The van der Waals surface area contributed by atoms with E-state index in [0.717, 1.165) is 23.1 Å². The number of pyridine rings is 2. The molecule has 0 spiro atoms. The highest BCUT2D eigenvalue weighted by molar-refractivity contribution is 7.88. The van der Waals surface area contributed by atoms with Crippen LogP contribution in [0.3, 0.4) is 0 Å². The lowest BCUT2D eigenvalue weighted by Crippen LogP contribution is -2.28. The second-order valence-electron chi connectivity index (χ2n) is 8.85. The van der Waals surface area contributed by atoms with Gasteiger partial charge in [0.1, 0.15) is 17.2 Å². The third-order valence-corrected chi connectivity index (χ3v) is 6.67. The molecule has 0 saturated heterocycles. The lowest BCUT2D eigenvalue weighted by molar-refractivity contribution is -0.0500. The van der Waals surface area contributed by atoms with Crippen LogP contribution in [0.15, 0.2) is 72.8 Å². The molecule has 0 amide bonds. The van der Waals surface area contributed by atoms with Crippen molar-refractivity contribution in [1.82, 2.24) is 9.97 Å². The molecule has 0 atom stereocenters. The Labute approximate surface area is 236 Å². The van der Waals surface area contributed by atoms with E-state index in [1.54, 1.807) is 50.4 Å². The molecule has 0 aliphatic rings. The first-order valence-electron chi connectivity index (χ1n) is 12.2. The van der Waals surface area contributed by atoms with Gasteiger partial charge in [-0.25, -0.2) is 0 Å². The van der Waals surface area contributed by atoms with Crippen molar-refractivity contribution >= 4 is 10.1 Å². The monoisotopic (exact) mass is 590 g/mol. The number of ether oxygens (including phenoxy) is 2. The van der Waals surface area contributed by atoms with Crippen molar-refractivity contribution in [2.45, 2.75) is 32.2 Å². The topological polar surface area (TPSA) is 108 Å². The van der Waals surface area contributed by atoms with Crippen molar-refractivity contribution < 1.29 is 40.4 Å². The first kappa shape index (κ1) is 31.2. The summed E-state index contributed by atoms with van der Waals surface area (Å²) < 4.78 is 74.2. The quantitative estimate of drug-likeness (QED) is 0.199. The fourth-order valence-corrected chi connectivity index (χ4v) is 4.06. The Bertz CT molecular complexity index is 1560. The van der Waals surface area contributed by atoms with Gasteiger partial charge in [-0.3, -0.25) is 9.97 Å². The summed E-state index contributed by atoms with van der Waals surface area (Å²) in [7, 11) is -2.60. The number of aromatic nitrogens is 2. The maximum absolute atomic E-state index is 12.5. The van der Waals surface area contributed by atoms with Crippen molar-refractivity contribution in [2.24, 2.45) is 0 Å². The predicted molar refractivity (Wildman–Crippen MR) is 147 cm³/mol. The van der Waals surface area contributed by atoms with Crippen LogP contribution in [0, 0.1) is 13.8 Å². The zero-order valence-corrected chi connectivity index (χ0v) is 23.6. The van der Waals surface area contributed by atoms with E-state index in [1.807, 2.05) is 31.2 Å². The third kappa shape index (κ3) is 8.84. The van der Waals surface area contributed by atoms with Crippen LogP contribution in [-0.4, -0.2) is 43.2 Å². The van der Waals surface area contributed by atoms with Gasteiger partial charge >= 0.3 is 15.6 Å². The number of hydrogen-bond acceptors (Lipinski definition) is 8. The van der Waals surface area contributed by atoms with Gasteiger partial charge in [0.05, 0.1) is 25.6 Å². The highest BCUT2D eigenvalue weighted by atomic mass is 32.2. The summed E-state index contributed by atoms with van der Waals surface area (Å²) >= 11 is 0. The van der Waals surface area contributed by atoms with Crippen molar-refractivity contribution in [3.8, 4) is 23.0 Å². The number of methoxy groups -OCH3 is 2. The molecule has 0 fully saturated rings. The van der Waals surface area contributed by atoms with Gasteiger partial charge in [0.25, 0.3) is 0 Å². The molecule has 0 aliphatic heterocycles. The summed E-state index contributed by atoms with van der Waals surface area (Å²) in [5.41, 5.74) is -1.47. The van der Waals surface area contributed by atoms with Gasteiger partial charge in [0, 0.05) is 24.2 Å². The third-order valence-electron chi connectivity index (χ3n) is 5.71. The molecule has 1 N–H and O–H groups in total. The average molecular weight is 591 g/mol. The fraction of sp³-hybridized carbons (Fsp3) is 0.241. The number of aryl methyl sites for hydroxylation is 2. The Hall–Kier alpha value is -4.32. The minimum atomic E-state index is -5.75. The lowest BCUT2D eigenvalue weighted by Gasteiger charge is -2.13. The SMILES string of the molecule is COc1ccc(Cc2nc(C)ccc2O)cc1.COc1ccc(Cc2nc(C)ccc2OS(=O)(=O)C(F)(F)F)cc1. The summed E-state index contributed by atoms with van der Waals surface area (Å²) in [6, 6.07) is 20.5. The summed E-state index contributed by atoms with van der Waals surface area (Å²) in [6.45, 7) is 3.55. The van der Waals surface area contributed by atoms with Gasteiger partial charge in [-0.05, 0) is 73.5 Å². The number of benzene rings is 2. The zero-order valence-electron chi connectivity index (χ0n) is 22.8. The summed E-state index contributed by atoms with van der Waals surface area (Å²) in [5.74, 6) is 1.24. The van der Waals surface area contributed by atoms with Crippen LogP contribution in [0.1, 0.15) is 33.9 Å². The van der Waals surface area contributed by atoms with E-state index >= 15 is 0 Å². The zero-order chi connectivity index (χ0) is 30.2. The smallest absolute Gasteiger partial charge is 0.506 e. The second kappa shape index (κ2) is 13.4. The molecule has 41 heavy (non-hydrogen) atoms. The highest BCUT2D eigenvalue weighted by Crippen LogP contribution is 2.30. The van der Waals surface area contributed by atoms with E-state index in [0.29, 0.717) is 29.1 Å². The minimum Gasteiger partial charge on any atom is -0.506 e. The molecule has 0 bridgehead atoms. The van der Waals surface area contributed by atoms with Gasteiger partial charge < -0.3 is 18.8 Å². The molecule has 2 aromatic heterocycles. The molecule has 0 saturated carbocycles. The Morgan fingerprint density at radius 1 is 0.707 bits per heavy atom. The van der Waals surface area contributed by atoms with Crippen molar-refractivity contribution in [3.63, 3.8) is 0 Å². The molecule has 218 valence electrons. The summed E-state index contributed by atoms with van der Waals surface area (Å²) in [4.78, 5) is 8.42. The molecule has 0 unspecified atom stereocenters. The van der Waals surface area contributed by atoms with E-state index in [-0.39, 0.29) is 17.9 Å². The number of aromatic hydroxyl groups is 1. The number of nitrogens with zero attached hydrogens (tertiary/aromatic N) is 2. The normalized spacial score (nSPS) is 11.3. The first-order chi connectivity index (χ1) is 19.3. The predicted octanol–water partition coefficient (Wildman–Crippen LogP) is 5.91. The van der Waals surface area contributed by atoms with Crippen molar-refractivity contribution in [2.75, 3.05) is 14.2 Å². The Morgan fingerprint density at radius 2 is 1.15 bits per heavy atom.